The van der Waals surface area contributed by atoms with Crippen LogP contribution < -0.4 is 9.64 Å². The monoisotopic (exact) mass is 280 g/mol. The lowest BCUT2D eigenvalue weighted by atomic mass is 10.1. The molecule has 1 aromatic carbocycles. The Morgan fingerprint density at radius 3 is 2.90 bits per heavy atom. The molecule has 106 valence electrons. The number of ether oxygens (including phenoxy) is 1. The van der Waals surface area contributed by atoms with Crippen LogP contribution in [0.4, 0.5) is 5.82 Å². The van der Waals surface area contributed by atoms with Gasteiger partial charge in [-0.05, 0) is 35.9 Å². The van der Waals surface area contributed by atoms with Crippen LogP contribution in [0.1, 0.15) is 5.56 Å². The van der Waals surface area contributed by atoms with Gasteiger partial charge in [0.2, 0.25) is 0 Å². The number of rotatable bonds is 2. The molecule has 0 atom stereocenters. The van der Waals surface area contributed by atoms with Crippen molar-refractivity contribution in [3.63, 3.8) is 0 Å². The smallest absolute Gasteiger partial charge is 0.180 e. The van der Waals surface area contributed by atoms with E-state index in [9.17, 15) is 0 Å². The summed E-state index contributed by atoms with van der Waals surface area (Å²) in [5.74, 6) is 2.74. The van der Waals surface area contributed by atoms with Gasteiger partial charge < -0.3 is 14.6 Å². The van der Waals surface area contributed by atoms with Crippen LogP contribution in [0.25, 0.3) is 22.6 Å². The van der Waals surface area contributed by atoms with E-state index in [2.05, 4.69) is 21.0 Å². The van der Waals surface area contributed by atoms with Gasteiger partial charge in [-0.15, -0.1) is 0 Å². The highest BCUT2D eigenvalue weighted by atomic mass is 16.5. The Bertz CT molecular complexity index is 822. The number of nitrogens with one attached hydrogen (secondary N) is 1. The van der Waals surface area contributed by atoms with Gasteiger partial charge >= 0.3 is 0 Å². The lowest BCUT2D eigenvalue weighted by molar-refractivity contribution is 0.357. The lowest BCUT2D eigenvalue weighted by Gasteiger charge is -2.09. The largest absolute Gasteiger partial charge is 0.493 e. The van der Waals surface area contributed by atoms with Crippen molar-refractivity contribution in [1.82, 2.24) is 15.0 Å². The van der Waals surface area contributed by atoms with Crippen LogP contribution in [0.3, 0.4) is 0 Å². The molecule has 5 nitrogen and oxygen atoms in total. The van der Waals surface area contributed by atoms with Gasteiger partial charge in [-0.3, -0.25) is 0 Å². The average molecular weight is 280 g/mol. The average Bonchev–Trinajstić information content (AvgIpc) is 3.11. The van der Waals surface area contributed by atoms with Crippen LogP contribution in [-0.2, 0) is 6.42 Å². The fourth-order valence-electron chi connectivity index (χ4n) is 2.60. The number of aromatic nitrogens is 3. The van der Waals surface area contributed by atoms with Gasteiger partial charge in [0, 0.05) is 26.1 Å². The highest BCUT2D eigenvalue weighted by Crippen LogP contribution is 2.30. The third-order valence-electron chi connectivity index (χ3n) is 3.75. The SMILES string of the molecule is CN(C)c1ccc2[nH]c(-c3ccc4c(c3)CCO4)nc2n1. The van der Waals surface area contributed by atoms with E-state index in [1.54, 1.807) is 0 Å². The Morgan fingerprint density at radius 2 is 2.05 bits per heavy atom. The first-order valence-corrected chi connectivity index (χ1v) is 7.01. The second kappa shape index (κ2) is 4.48. The summed E-state index contributed by atoms with van der Waals surface area (Å²) in [6, 6.07) is 10.2. The Morgan fingerprint density at radius 1 is 1.14 bits per heavy atom. The number of hydrogen-bond donors (Lipinski definition) is 1. The Balaban J connectivity index is 1.80. The van der Waals surface area contributed by atoms with Gasteiger partial charge in [-0.2, -0.15) is 0 Å². The van der Waals surface area contributed by atoms with Gasteiger partial charge in [0.15, 0.2) is 5.65 Å². The second-order valence-electron chi connectivity index (χ2n) is 5.44. The summed E-state index contributed by atoms with van der Waals surface area (Å²) >= 11 is 0. The molecule has 0 bridgehead atoms. The van der Waals surface area contributed by atoms with Crippen molar-refractivity contribution in [3.05, 3.63) is 35.9 Å². The van der Waals surface area contributed by atoms with E-state index in [1.165, 1.54) is 5.56 Å². The Hall–Kier alpha value is -2.56. The van der Waals surface area contributed by atoms with Crippen LogP contribution in [0.5, 0.6) is 5.75 Å². The van der Waals surface area contributed by atoms with Crippen LogP contribution >= 0.6 is 0 Å². The Labute approximate surface area is 122 Å². The number of anilines is 1. The molecule has 0 saturated heterocycles. The van der Waals surface area contributed by atoms with Gasteiger partial charge in [-0.1, -0.05) is 0 Å². The predicted octanol–water partition coefficient (Wildman–Crippen LogP) is 2.63. The molecule has 0 fully saturated rings. The summed E-state index contributed by atoms with van der Waals surface area (Å²) < 4.78 is 5.54. The molecule has 0 amide bonds. The number of hydrogen-bond acceptors (Lipinski definition) is 4. The summed E-state index contributed by atoms with van der Waals surface area (Å²) in [6.07, 6.45) is 0.965. The molecule has 3 heterocycles. The zero-order valence-corrected chi connectivity index (χ0v) is 12.1. The highest BCUT2D eigenvalue weighted by molar-refractivity contribution is 5.78. The van der Waals surface area contributed by atoms with Crippen molar-refractivity contribution >= 4 is 17.0 Å². The zero-order valence-electron chi connectivity index (χ0n) is 12.1. The van der Waals surface area contributed by atoms with E-state index in [-0.39, 0.29) is 0 Å². The number of imidazole rings is 1. The third kappa shape index (κ3) is 2.01. The maximum Gasteiger partial charge on any atom is 0.180 e. The summed E-state index contributed by atoms with van der Waals surface area (Å²) in [7, 11) is 3.95. The number of H-pyrrole nitrogens is 1. The summed E-state index contributed by atoms with van der Waals surface area (Å²) in [6.45, 7) is 0.771. The highest BCUT2D eigenvalue weighted by Gasteiger charge is 2.14. The molecular formula is C16H16N4O. The van der Waals surface area contributed by atoms with Crippen molar-refractivity contribution in [2.75, 3.05) is 25.6 Å². The molecule has 5 heteroatoms. The molecule has 0 radical (unpaired) electrons. The van der Waals surface area contributed by atoms with E-state index in [4.69, 9.17) is 4.74 Å². The topological polar surface area (TPSA) is 54.0 Å². The van der Waals surface area contributed by atoms with Crippen LogP contribution in [0, 0.1) is 0 Å². The van der Waals surface area contributed by atoms with Gasteiger partial charge in [0.1, 0.15) is 17.4 Å². The van der Waals surface area contributed by atoms with Crippen LogP contribution in [0.2, 0.25) is 0 Å². The minimum Gasteiger partial charge on any atom is -0.493 e. The molecule has 2 aromatic heterocycles. The summed E-state index contributed by atoms with van der Waals surface area (Å²) in [5, 5.41) is 0. The molecule has 4 rings (SSSR count). The van der Waals surface area contributed by atoms with Crippen molar-refractivity contribution in [2.45, 2.75) is 6.42 Å². The molecule has 0 aliphatic carbocycles. The molecule has 0 spiro atoms. The van der Waals surface area contributed by atoms with Gasteiger partial charge in [-0.25, -0.2) is 9.97 Å². The van der Waals surface area contributed by atoms with Crippen LogP contribution in [-0.4, -0.2) is 35.7 Å². The minimum absolute atomic E-state index is 0.743. The number of nitrogens with zero attached hydrogens (tertiary/aromatic N) is 3. The fourth-order valence-corrected chi connectivity index (χ4v) is 2.60. The fraction of sp³-hybridized carbons (Fsp3) is 0.250. The third-order valence-corrected chi connectivity index (χ3v) is 3.75. The number of pyridine rings is 1. The van der Waals surface area contributed by atoms with Crippen molar-refractivity contribution < 1.29 is 4.74 Å². The molecule has 0 unspecified atom stereocenters. The van der Waals surface area contributed by atoms with E-state index in [0.717, 1.165) is 47.1 Å². The molecule has 1 aliphatic rings. The minimum atomic E-state index is 0.743. The first kappa shape index (κ1) is 12.2. The number of fused-ring (bicyclic) bond motifs is 2. The maximum absolute atomic E-state index is 5.54. The van der Waals surface area contributed by atoms with Crippen molar-refractivity contribution in [2.24, 2.45) is 0 Å². The first-order valence-electron chi connectivity index (χ1n) is 7.01. The van der Waals surface area contributed by atoms with E-state index in [0.29, 0.717) is 0 Å². The van der Waals surface area contributed by atoms with Crippen LogP contribution in [0.15, 0.2) is 30.3 Å². The molecule has 1 aliphatic heterocycles. The van der Waals surface area contributed by atoms with Crippen molar-refractivity contribution in [1.29, 1.82) is 0 Å². The van der Waals surface area contributed by atoms with E-state index < -0.39 is 0 Å². The standard InChI is InChI=1S/C16H16N4O/c1-20(2)14-6-4-12-16(18-14)19-15(17-12)11-3-5-13-10(9-11)7-8-21-13/h3-6,9H,7-8H2,1-2H3,(H,17,18,19). The molecule has 21 heavy (non-hydrogen) atoms. The quantitative estimate of drug-likeness (QED) is 0.784. The molecule has 3 aromatic rings. The molecular weight excluding hydrogens is 264 g/mol. The summed E-state index contributed by atoms with van der Waals surface area (Å²) in [4.78, 5) is 14.5. The Kier molecular flexibility index (Phi) is 2.60. The first-order chi connectivity index (χ1) is 10.2. The van der Waals surface area contributed by atoms with E-state index >= 15 is 0 Å². The second-order valence-corrected chi connectivity index (χ2v) is 5.44. The zero-order chi connectivity index (χ0) is 14.4. The van der Waals surface area contributed by atoms with E-state index in [1.807, 2.05) is 43.3 Å². The number of benzene rings is 1. The molecule has 1 N–H and O–H groups in total. The normalized spacial score (nSPS) is 13.2. The predicted molar refractivity (Wildman–Crippen MR) is 82.9 cm³/mol. The number of aromatic amines is 1. The summed E-state index contributed by atoms with van der Waals surface area (Å²) in [5.41, 5.74) is 4.01. The van der Waals surface area contributed by atoms with Crippen molar-refractivity contribution in [3.8, 4) is 17.1 Å². The maximum atomic E-state index is 5.54. The lowest BCUT2D eigenvalue weighted by Crippen LogP contribution is -2.10. The van der Waals surface area contributed by atoms with Gasteiger partial charge in [0.05, 0.1) is 12.1 Å². The molecule has 0 saturated carbocycles. The van der Waals surface area contributed by atoms with Gasteiger partial charge in [0.25, 0.3) is 0 Å².